The van der Waals surface area contributed by atoms with E-state index in [1.807, 2.05) is 37.3 Å². The molecule has 5 nitrogen and oxygen atoms in total. The van der Waals surface area contributed by atoms with Crippen LogP contribution in [0.3, 0.4) is 0 Å². The number of rotatable bonds is 7. The third kappa shape index (κ3) is 5.78. The third-order valence-electron chi connectivity index (χ3n) is 5.28. The zero-order valence-electron chi connectivity index (χ0n) is 17.0. The number of aryl methyl sites for hydroxylation is 2. The third-order valence-corrected chi connectivity index (χ3v) is 6.76. The maximum atomic E-state index is 12.4. The van der Waals surface area contributed by atoms with Crippen LogP contribution in [0.1, 0.15) is 48.1 Å². The van der Waals surface area contributed by atoms with Gasteiger partial charge in [0.05, 0.1) is 12.6 Å². The number of carbonyl (C=O) groups is 1. The predicted molar refractivity (Wildman–Crippen MR) is 117 cm³/mol. The Morgan fingerprint density at radius 1 is 1.10 bits per heavy atom. The molecule has 0 fully saturated rings. The number of carbonyl (C=O) groups excluding carboxylic acids is 1. The minimum Gasteiger partial charge on any atom is -0.348 e. The van der Waals surface area contributed by atoms with Crippen LogP contribution >= 0.6 is 0 Å². The summed E-state index contributed by atoms with van der Waals surface area (Å²) >= 11 is 0. The highest BCUT2D eigenvalue weighted by Crippen LogP contribution is 2.24. The van der Waals surface area contributed by atoms with Crippen molar-refractivity contribution in [3.63, 3.8) is 0 Å². The van der Waals surface area contributed by atoms with Gasteiger partial charge in [0.25, 0.3) is 0 Å². The van der Waals surface area contributed by atoms with Crippen LogP contribution in [-0.2, 0) is 27.7 Å². The highest BCUT2D eigenvalue weighted by atomic mass is 32.2. The van der Waals surface area contributed by atoms with E-state index in [0.717, 1.165) is 33.7 Å². The summed E-state index contributed by atoms with van der Waals surface area (Å²) in [6.45, 7) is 1.70. The van der Waals surface area contributed by atoms with Crippen molar-refractivity contribution >= 4 is 22.0 Å². The first-order chi connectivity index (χ1) is 13.8. The number of hydrogen-bond acceptors (Lipinski definition) is 3. The lowest BCUT2D eigenvalue weighted by molar-refractivity contribution is -0.121. The number of nitrogens with zero attached hydrogens (tertiary/aromatic N) is 1. The van der Waals surface area contributed by atoms with Gasteiger partial charge < -0.3 is 5.32 Å². The summed E-state index contributed by atoms with van der Waals surface area (Å²) < 4.78 is 25.9. The lowest BCUT2D eigenvalue weighted by atomic mass is 9.89. The molecule has 154 valence electrons. The number of sulfonamides is 1. The zero-order valence-corrected chi connectivity index (χ0v) is 17.8. The summed E-state index contributed by atoms with van der Waals surface area (Å²) in [6.07, 6.45) is 6.17. The molecular formula is C23H28N2O3S. The topological polar surface area (TPSA) is 66.5 Å². The minimum atomic E-state index is -3.67. The molecule has 0 radical (unpaired) electrons. The molecule has 1 N–H and O–H groups in total. The summed E-state index contributed by atoms with van der Waals surface area (Å²) in [5, 5.41) is 4.04. The van der Waals surface area contributed by atoms with E-state index in [1.54, 1.807) is 0 Å². The molecule has 0 heterocycles. The van der Waals surface area contributed by atoms with Gasteiger partial charge in [0.15, 0.2) is 0 Å². The van der Waals surface area contributed by atoms with Crippen LogP contribution in [0.2, 0.25) is 0 Å². The summed E-state index contributed by atoms with van der Waals surface area (Å²) in [6, 6.07) is 15.4. The number of hydrogen-bond donors (Lipinski definition) is 1. The first-order valence-corrected chi connectivity index (χ1v) is 11.5. The van der Waals surface area contributed by atoms with E-state index in [2.05, 4.69) is 23.5 Å². The van der Waals surface area contributed by atoms with Crippen molar-refractivity contribution in [2.75, 3.05) is 13.6 Å². The fourth-order valence-corrected chi connectivity index (χ4v) is 4.35. The van der Waals surface area contributed by atoms with Gasteiger partial charge in [-0.25, -0.2) is 8.42 Å². The van der Waals surface area contributed by atoms with Crippen molar-refractivity contribution in [2.24, 2.45) is 0 Å². The van der Waals surface area contributed by atoms with Gasteiger partial charge in [0.2, 0.25) is 15.9 Å². The van der Waals surface area contributed by atoms with Crippen molar-refractivity contribution in [1.82, 2.24) is 9.62 Å². The van der Waals surface area contributed by atoms with Gasteiger partial charge in [0.1, 0.15) is 0 Å². The van der Waals surface area contributed by atoms with Crippen molar-refractivity contribution in [1.29, 1.82) is 0 Å². The summed E-state index contributed by atoms with van der Waals surface area (Å²) in [7, 11) is -2.26. The van der Waals surface area contributed by atoms with Gasteiger partial charge in [-0.2, -0.15) is 4.31 Å². The van der Waals surface area contributed by atoms with Crippen LogP contribution < -0.4 is 5.32 Å². The molecule has 2 aromatic carbocycles. The SMILES string of the molecule is C[C@H](NC(=O)CN(C)S(=O)(=O)/C=C/c1ccccc1)c1ccc2c(c1)CCCC2. The number of nitrogens with one attached hydrogen (secondary N) is 1. The highest BCUT2D eigenvalue weighted by Gasteiger charge is 2.20. The summed E-state index contributed by atoms with van der Waals surface area (Å²) in [5.41, 5.74) is 4.60. The molecule has 0 aliphatic heterocycles. The molecule has 2 aromatic rings. The number of likely N-dealkylation sites (N-methyl/N-ethyl adjacent to an activating group) is 1. The Morgan fingerprint density at radius 3 is 2.52 bits per heavy atom. The standard InChI is InChI=1S/C23H28N2O3S/c1-18(21-13-12-20-10-6-7-11-22(20)16-21)24-23(26)17-25(2)29(27,28)15-14-19-8-4-3-5-9-19/h3-5,8-9,12-16,18H,6-7,10-11,17H2,1-2H3,(H,24,26)/b15-14+/t18-/m0/s1. The normalized spacial score (nSPS) is 15.3. The van der Waals surface area contributed by atoms with Crippen molar-refractivity contribution in [3.05, 3.63) is 76.2 Å². The second-order valence-electron chi connectivity index (χ2n) is 7.54. The largest absolute Gasteiger partial charge is 0.348 e. The second-order valence-corrected chi connectivity index (χ2v) is 9.46. The van der Waals surface area contributed by atoms with Crippen LogP contribution in [0.15, 0.2) is 53.9 Å². The quantitative estimate of drug-likeness (QED) is 0.754. The van der Waals surface area contributed by atoms with Crippen molar-refractivity contribution in [2.45, 2.75) is 38.6 Å². The Labute approximate surface area is 173 Å². The molecule has 6 heteroatoms. The van der Waals surface area contributed by atoms with Crippen LogP contribution in [0.4, 0.5) is 0 Å². The summed E-state index contributed by atoms with van der Waals surface area (Å²) in [5.74, 6) is -0.325. The van der Waals surface area contributed by atoms with E-state index >= 15 is 0 Å². The van der Waals surface area contributed by atoms with E-state index in [0.29, 0.717) is 0 Å². The van der Waals surface area contributed by atoms with Gasteiger partial charge in [-0.05, 0) is 60.9 Å². The number of benzene rings is 2. The van der Waals surface area contributed by atoms with Crippen molar-refractivity contribution < 1.29 is 13.2 Å². The van der Waals surface area contributed by atoms with Gasteiger partial charge in [-0.1, -0.05) is 48.5 Å². The molecule has 3 rings (SSSR count). The van der Waals surface area contributed by atoms with E-state index in [1.165, 1.54) is 37.1 Å². The molecule has 0 unspecified atom stereocenters. The molecule has 1 aliphatic rings. The van der Waals surface area contributed by atoms with Crippen molar-refractivity contribution in [3.8, 4) is 0 Å². The maximum Gasteiger partial charge on any atom is 0.236 e. The molecular weight excluding hydrogens is 384 g/mol. The predicted octanol–water partition coefficient (Wildman–Crippen LogP) is 3.68. The van der Waals surface area contributed by atoms with Crippen LogP contribution in [-0.4, -0.2) is 32.2 Å². The molecule has 29 heavy (non-hydrogen) atoms. The highest BCUT2D eigenvalue weighted by molar-refractivity contribution is 7.92. The van der Waals surface area contributed by atoms with E-state index < -0.39 is 10.0 Å². The van der Waals surface area contributed by atoms with Crippen LogP contribution in [0.5, 0.6) is 0 Å². The van der Waals surface area contributed by atoms with E-state index in [9.17, 15) is 13.2 Å². The fraction of sp³-hybridized carbons (Fsp3) is 0.348. The smallest absolute Gasteiger partial charge is 0.236 e. The number of fused-ring (bicyclic) bond motifs is 1. The van der Waals surface area contributed by atoms with E-state index in [4.69, 9.17) is 0 Å². The molecule has 1 atom stereocenters. The molecule has 0 spiro atoms. The van der Waals surface area contributed by atoms with Crippen LogP contribution in [0.25, 0.3) is 6.08 Å². The van der Waals surface area contributed by atoms with Crippen LogP contribution in [0, 0.1) is 0 Å². The molecule has 0 saturated carbocycles. The Morgan fingerprint density at radius 2 is 1.79 bits per heavy atom. The monoisotopic (exact) mass is 412 g/mol. The Bertz CT molecular complexity index is 984. The first-order valence-electron chi connectivity index (χ1n) is 9.96. The molecule has 1 amide bonds. The Hall–Kier alpha value is -2.44. The fourth-order valence-electron chi connectivity index (χ4n) is 3.52. The average Bonchev–Trinajstić information content (AvgIpc) is 2.72. The van der Waals surface area contributed by atoms with E-state index in [-0.39, 0.29) is 18.5 Å². The van der Waals surface area contributed by atoms with Gasteiger partial charge in [0, 0.05) is 12.5 Å². The first kappa shape index (κ1) is 21.3. The molecule has 0 saturated heterocycles. The van der Waals surface area contributed by atoms with Gasteiger partial charge in [-0.15, -0.1) is 0 Å². The zero-order chi connectivity index (χ0) is 20.9. The summed E-state index contributed by atoms with van der Waals surface area (Å²) in [4.78, 5) is 12.4. The lowest BCUT2D eigenvalue weighted by Gasteiger charge is -2.21. The molecule has 0 aromatic heterocycles. The molecule has 1 aliphatic carbocycles. The minimum absolute atomic E-state index is 0.175. The lowest BCUT2D eigenvalue weighted by Crippen LogP contribution is -2.38. The molecule has 0 bridgehead atoms. The van der Waals surface area contributed by atoms with Gasteiger partial charge >= 0.3 is 0 Å². The average molecular weight is 413 g/mol. The second kappa shape index (κ2) is 9.37. The Kier molecular flexibility index (Phi) is 6.87. The Balaban J connectivity index is 1.58. The maximum absolute atomic E-state index is 12.4. The van der Waals surface area contributed by atoms with Gasteiger partial charge in [-0.3, -0.25) is 4.79 Å². The number of amides is 1.